The van der Waals surface area contributed by atoms with E-state index in [-0.39, 0.29) is 16.1 Å². The fraction of sp³-hybridized carbons (Fsp3) is 0.600. The number of aryl methyl sites for hydroxylation is 2. The van der Waals surface area contributed by atoms with E-state index in [1.165, 1.54) is 12.1 Å². The van der Waals surface area contributed by atoms with Crippen molar-refractivity contribution in [1.82, 2.24) is 10.0 Å². The summed E-state index contributed by atoms with van der Waals surface area (Å²) >= 11 is 0. The van der Waals surface area contributed by atoms with Crippen LogP contribution in [0.5, 0.6) is 0 Å². The molecular weight excluding hydrogens is 291 g/mol. The van der Waals surface area contributed by atoms with Crippen molar-refractivity contribution in [3.05, 3.63) is 29.1 Å². The van der Waals surface area contributed by atoms with Gasteiger partial charge in [-0.25, -0.2) is 17.5 Å². The number of nitrogens with one attached hydrogen (secondary N) is 2. The van der Waals surface area contributed by atoms with E-state index >= 15 is 0 Å². The van der Waals surface area contributed by atoms with Crippen LogP contribution in [0.1, 0.15) is 30.9 Å². The Labute approximate surface area is 126 Å². The number of benzene rings is 1. The maximum Gasteiger partial charge on any atom is 0.240 e. The van der Waals surface area contributed by atoms with Crippen molar-refractivity contribution in [3.63, 3.8) is 0 Å². The predicted octanol–water partition coefficient (Wildman–Crippen LogP) is 2.11. The van der Waals surface area contributed by atoms with Gasteiger partial charge in [0.15, 0.2) is 0 Å². The van der Waals surface area contributed by atoms with Gasteiger partial charge in [0, 0.05) is 6.54 Å². The molecule has 1 fully saturated rings. The number of hydrogen-bond acceptors (Lipinski definition) is 3. The van der Waals surface area contributed by atoms with Crippen LogP contribution in [-0.4, -0.2) is 28.1 Å². The average Bonchev–Trinajstić information content (AvgIpc) is 2.43. The minimum absolute atomic E-state index is 0.0254. The van der Waals surface area contributed by atoms with E-state index in [0.717, 1.165) is 25.9 Å². The first-order valence-corrected chi connectivity index (χ1v) is 8.69. The largest absolute Gasteiger partial charge is 0.317 e. The molecule has 6 heteroatoms. The smallest absolute Gasteiger partial charge is 0.240 e. The van der Waals surface area contributed by atoms with Gasteiger partial charge in [-0.05, 0) is 68.5 Å². The molecule has 0 atom stereocenters. The molecule has 0 bridgehead atoms. The lowest BCUT2D eigenvalue weighted by Gasteiger charge is -2.34. The molecule has 1 saturated heterocycles. The van der Waals surface area contributed by atoms with Crippen molar-refractivity contribution >= 4 is 10.0 Å². The molecule has 1 heterocycles. The summed E-state index contributed by atoms with van der Waals surface area (Å²) in [5, 5.41) is 3.27. The van der Waals surface area contributed by atoms with E-state index in [1.54, 1.807) is 13.8 Å². The van der Waals surface area contributed by atoms with Crippen LogP contribution in [0, 0.1) is 25.1 Å². The zero-order chi connectivity index (χ0) is 15.7. The Morgan fingerprint density at radius 3 is 2.29 bits per heavy atom. The Bertz CT molecular complexity index is 600. The van der Waals surface area contributed by atoms with Crippen LogP contribution in [0.3, 0.4) is 0 Å². The first-order chi connectivity index (χ1) is 9.73. The molecule has 0 aliphatic carbocycles. The first-order valence-electron chi connectivity index (χ1n) is 7.21. The molecule has 0 saturated carbocycles. The van der Waals surface area contributed by atoms with Crippen molar-refractivity contribution in [1.29, 1.82) is 0 Å². The molecule has 1 aliphatic heterocycles. The fourth-order valence-corrected chi connectivity index (χ4v) is 3.99. The third-order valence-electron chi connectivity index (χ3n) is 4.22. The Morgan fingerprint density at radius 1 is 1.24 bits per heavy atom. The summed E-state index contributed by atoms with van der Waals surface area (Å²) in [5.41, 5.74) is 0.675. The second-order valence-electron chi connectivity index (χ2n) is 6.26. The van der Waals surface area contributed by atoms with E-state index < -0.39 is 10.0 Å². The normalized spacial score (nSPS) is 18.7. The quantitative estimate of drug-likeness (QED) is 0.895. The molecular formula is C15H23FN2O2S. The topological polar surface area (TPSA) is 58.2 Å². The number of rotatable bonds is 4. The molecule has 0 amide bonds. The molecule has 1 aliphatic rings. The molecule has 0 radical (unpaired) electrons. The van der Waals surface area contributed by atoms with Crippen molar-refractivity contribution in [3.8, 4) is 0 Å². The summed E-state index contributed by atoms with van der Waals surface area (Å²) in [4.78, 5) is 0.136. The second-order valence-corrected chi connectivity index (χ2v) is 8.02. The maximum absolute atomic E-state index is 13.6. The maximum atomic E-state index is 13.6. The van der Waals surface area contributed by atoms with Crippen LogP contribution >= 0.6 is 0 Å². The summed E-state index contributed by atoms with van der Waals surface area (Å²) in [6, 6.07) is 2.77. The SMILES string of the molecule is Cc1cc(S(=O)(=O)NCC2(C)CCNCC2)cc(C)c1F. The van der Waals surface area contributed by atoms with Crippen LogP contribution in [0.2, 0.25) is 0 Å². The zero-order valence-electron chi connectivity index (χ0n) is 12.8. The van der Waals surface area contributed by atoms with Gasteiger partial charge in [0.05, 0.1) is 4.90 Å². The van der Waals surface area contributed by atoms with E-state index in [4.69, 9.17) is 0 Å². The van der Waals surface area contributed by atoms with E-state index in [1.807, 2.05) is 0 Å². The standard InChI is InChI=1S/C15H23FN2O2S/c1-11-8-13(9-12(2)14(11)16)21(19,20)18-10-15(3)4-6-17-7-5-15/h8-9,17-18H,4-7,10H2,1-3H3. The molecule has 0 aromatic heterocycles. The van der Waals surface area contributed by atoms with Gasteiger partial charge in [-0.3, -0.25) is 0 Å². The Hall–Kier alpha value is -0.980. The molecule has 1 aromatic rings. The molecule has 0 spiro atoms. The minimum atomic E-state index is -3.60. The molecule has 118 valence electrons. The fourth-order valence-electron chi connectivity index (χ4n) is 2.62. The van der Waals surface area contributed by atoms with Gasteiger partial charge in [-0.2, -0.15) is 0 Å². The van der Waals surface area contributed by atoms with Gasteiger partial charge in [-0.1, -0.05) is 6.92 Å². The van der Waals surface area contributed by atoms with Gasteiger partial charge in [0.2, 0.25) is 10.0 Å². The second kappa shape index (κ2) is 6.02. The number of sulfonamides is 1. The van der Waals surface area contributed by atoms with Crippen LogP contribution in [0.4, 0.5) is 4.39 Å². The van der Waals surface area contributed by atoms with Crippen molar-refractivity contribution in [2.24, 2.45) is 5.41 Å². The van der Waals surface area contributed by atoms with E-state index in [9.17, 15) is 12.8 Å². The lowest BCUT2D eigenvalue weighted by Crippen LogP contribution is -2.42. The van der Waals surface area contributed by atoms with Crippen LogP contribution < -0.4 is 10.0 Å². The minimum Gasteiger partial charge on any atom is -0.317 e. The van der Waals surface area contributed by atoms with Gasteiger partial charge < -0.3 is 5.32 Å². The third kappa shape index (κ3) is 3.81. The van der Waals surface area contributed by atoms with Crippen molar-refractivity contribution in [2.45, 2.75) is 38.5 Å². The van der Waals surface area contributed by atoms with Crippen LogP contribution in [0.15, 0.2) is 17.0 Å². The molecule has 4 nitrogen and oxygen atoms in total. The summed E-state index contributed by atoms with van der Waals surface area (Å²) in [6.07, 6.45) is 1.88. The average molecular weight is 314 g/mol. The molecule has 2 N–H and O–H groups in total. The summed E-state index contributed by atoms with van der Waals surface area (Å²) in [5.74, 6) is -0.348. The van der Waals surface area contributed by atoms with Gasteiger partial charge in [0.1, 0.15) is 5.82 Å². The molecule has 0 unspecified atom stereocenters. The number of hydrogen-bond donors (Lipinski definition) is 2. The zero-order valence-corrected chi connectivity index (χ0v) is 13.6. The van der Waals surface area contributed by atoms with Crippen molar-refractivity contribution in [2.75, 3.05) is 19.6 Å². The number of piperidine rings is 1. The number of halogens is 1. The highest BCUT2D eigenvalue weighted by molar-refractivity contribution is 7.89. The first kappa shape index (κ1) is 16.4. The highest BCUT2D eigenvalue weighted by atomic mass is 32.2. The molecule has 21 heavy (non-hydrogen) atoms. The van der Waals surface area contributed by atoms with Gasteiger partial charge in [-0.15, -0.1) is 0 Å². The Kier molecular flexibility index (Phi) is 4.70. The van der Waals surface area contributed by atoms with Crippen LogP contribution in [0.25, 0.3) is 0 Å². The van der Waals surface area contributed by atoms with E-state index in [0.29, 0.717) is 17.7 Å². The Morgan fingerprint density at radius 2 is 1.76 bits per heavy atom. The highest BCUT2D eigenvalue weighted by Gasteiger charge is 2.29. The summed E-state index contributed by atoms with van der Waals surface area (Å²) < 4.78 is 41.1. The monoisotopic (exact) mass is 314 g/mol. The van der Waals surface area contributed by atoms with Gasteiger partial charge in [0.25, 0.3) is 0 Å². The lowest BCUT2D eigenvalue weighted by molar-refractivity contribution is 0.232. The lowest BCUT2D eigenvalue weighted by atomic mass is 9.81. The van der Waals surface area contributed by atoms with Crippen LogP contribution in [-0.2, 0) is 10.0 Å². The summed E-state index contributed by atoms with van der Waals surface area (Å²) in [7, 11) is -3.60. The van der Waals surface area contributed by atoms with Gasteiger partial charge >= 0.3 is 0 Å². The molecule has 2 rings (SSSR count). The molecule has 1 aromatic carbocycles. The summed E-state index contributed by atoms with van der Waals surface area (Å²) in [6.45, 7) is 7.48. The van der Waals surface area contributed by atoms with Crippen molar-refractivity contribution < 1.29 is 12.8 Å². The third-order valence-corrected chi connectivity index (χ3v) is 5.60. The highest BCUT2D eigenvalue weighted by Crippen LogP contribution is 2.27. The Balaban J connectivity index is 2.15. The predicted molar refractivity (Wildman–Crippen MR) is 81.3 cm³/mol. The van der Waals surface area contributed by atoms with E-state index in [2.05, 4.69) is 17.0 Å².